The van der Waals surface area contributed by atoms with Crippen LogP contribution in [0.5, 0.6) is 0 Å². The second-order valence-corrected chi connectivity index (χ2v) is 5.67. The summed E-state index contributed by atoms with van der Waals surface area (Å²) in [5.74, 6) is -1.12. The maximum Gasteiger partial charge on any atom is 0.329 e. The van der Waals surface area contributed by atoms with Crippen molar-refractivity contribution in [1.29, 1.82) is 5.26 Å². The number of carboxylic acid groups (broad SMARTS) is 1. The maximum atomic E-state index is 12.0. The number of benzene rings is 1. The number of carboxylic acids is 1. The molecular formula is C12H14N2O5S. The van der Waals surface area contributed by atoms with Crippen LogP contribution in [0.25, 0.3) is 0 Å². The number of aryl methyl sites for hydroxylation is 1. The van der Waals surface area contributed by atoms with E-state index >= 15 is 0 Å². The van der Waals surface area contributed by atoms with Crippen molar-refractivity contribution in [2.75, 3.05) is 19.8 Å². The van der Waals surface area contributed by atoms with Gasteiger partial charge in [0.2, 0.25) is 10.0 Å². The molecule has 0 heterocycles. The highest BCUT2D eigenvalue weighted by atomic mass is 32.2. The summed E-state index contributed by atoms with van der Waals surface area (Å²) in [5, 5.41) is 17.1. The molecule has 0 aliphatic heterocycles. The normalized spacial score (nSPS) is 11.0. The Morgan fingerprint density at radius 3 is 2.80 bits per heavy atom. The molecule has 0 spiro atoms. The van der Waals surface area contributed by atoms with Crippen LogP contribution < -0.4 is 4.72 Å². The highest BCUT2D eigenvalue weighted by Crippen LogP contribution is 2.16. The van der Waals surface area contributed by atoms with Crippen molar-refractivity contribution in [2.45, 2.75) is 11.8 Å². The van der Waals surface area contributed by atoms with Gasteiger partial charge in [-0.15, -0.1) is 0 Å². The molecule has 0 amide bonds. The molecule has 0 radical (unpaired) electrons. The first-order valence-corrected chi connectivity index (χ1v) is 7.15. The summed E-state index contributed by atoms with van der Waals surface area (Å²) in [5.41, 5.74) is 0.765. The molecule has 0 atom stereocenters. The van der Waals surface area contributed by atoms with E-state index in [1.165, 1.54) is 12.1 Å². The molecule has 0 aliphatic carbocycles. The molecule has 108 valence electrons. The van der Waals surface area contributed by atoms with Gasteiger partial charge < -0.3 is 9.84 Å². The van der Waals surface area contributed by atoms with Crippen LogP contribution in [-0.2, 0) is 19.6 Å². The Labute approximate surface area is 116 Å². The number of carbonyl (C=O) groups is 1. The second kappa shape index (κ2) is 7.00. The van der Waals surface area contributed by atoms with Gasteiger partial charge in [0.1, 0.15) is 6.61 Å². The highest BCUT2D eigenvalue weighted by Gasteiger charge is 2.16. The van der Waals surface area contributed by atoms with Gasteiger partial charge in [-0.1, -0.05) is 6.07 Å². The molecule has 20 heavy (non-hydrogen) atoms. The van der Waals surface area contributed by atoms with E-state index in [0.29, 0.717) is 5.56 Å². The summed E-state index contributed by atoms with van der Waals surface area (Å²) < 4.78 is 31.1. The van der Waals surface area contributed by atoms with Crippen LogP contribution >= 0.6 is 0 Å². The number of hydrogen-bond donors (Lipinski definition) is 2. The molecule has 7 nitrogen and oxygen atoms in total. The molecule has 1 aromatic rings. The second-order valence-electron chi connectivity index (χ2n) is 3.94. The average Bonchev–Trinajstić information content (AvgIpc) is 2.38. The zero-order valence-corrected chi connectivity index (χ0v) is 11.6. The van der Waals surface area contributed by atoms with Gasteiger partial charge in [0.05, 0.1) is 23.1 Å². The average molecular weight is 298 g/mol. The smallest absolute Gasteiger partial charge is 0.329 e. The molecule has 0 aliphatic rings. The summed E-state index contributed by atoms with van der Waals surface area (Å²) in [7, 11) is -3.75. The summed E-state index contributed by atoms with van der Waals surface area (Å²) >= 11 is 0. The Kier molecular flexibility index (Phi) is 5.64. The quantitative estimate of drug-likeness (QED) is 0.697. The third-order valence-corrected chi connectivity index (χ3v) is 3.97. The van der Waals surface area contributed by atoms with Crippen LogP contribution in [-0.4, -0.2) is 39.3 Å². The van der Waals surface area contributed by atoms with Gasteiger partial charge in [-0.3, -0.25) is 0 Å². The zero-order valence-electron chi connectivity index (χ0n) is 10.8. The lowest BCUT2D eigenvalue weighted by Crippen LogP contribution is -2.28. The minimum atomic E-state index is -3.75. The van der Waals surface area contributed by atoms with Gasteiger partial charge in [-0.25, -0.2) is 17.9 Å². The maximum absolute atomic E-state index is 12.0. The predicted octanol–water partition coefficient (Wildman–Crippen LogP) is 0.246. The lowest BCUT2D eigenvalue weighted by Gasteiger charge is -2.09. The standard InChI is InChI=1S/C12H14N2O5S/c1-9-2-3-10(7-13)6-11(9)20(17,18)14-4-5-19-8-12(15)16/h2-3,6,14H,4-5,8H2,1H3,(H,15,16). The zero-order chi connectivity index (χ0) is 15.2. The van der Waals surface area contributed by atoms with Crippen LogP contribution in [0.1, 0.15) is 11.1 Å². The fraction of sp³-hybridized carbons (Fsp3) is 0.333. The van der Waals surface area contributed by atoms with E-state index in [2.05, 4.69) is 4.72 Å². The summed E-state index contributed by atoms with van der Waals surface area (Å²) in [4.78, 5) is 10.2. The molecule has 2 N–H and O–H groups in total. The number of aliphatic carboxylic acids is 1. The van der Waals surface area contributed by atoms with Crippen LogP contribution in [0.15, 0.2) is 23.1 Å². The lowest BCUT2D eigenvalue weighted by molar-refractivity contribution is -0.142. The Hall–Kier alpha value is -1.95. The van der Waals surface area contributed by atoms with Crippen LogP contribution in [0, 0.1) is 18.3 Å². The van der Waals surface area contributed by atoms with Gasteiger partial charge in [0.25, 0.3) is 0 Å². The van der Waals surface area contributed by atoms with E-state index in [0.717, 1.165) is 0 Å². The third kappa shape index (κ3) is 4.62. The Morgan fingerprint density at radius 1 is 1.50 bits per heavy atom. The minimum Gasteiger partial charge on any atom is -0.480 e. The Balaban J connectivity index is 2.70. The first kappa shape index (κ1) is 16.1. The lowest BCUT2D eigenvalue weighted by atomic mass is 10.2. The molecule has 8 heteroatoms. The summed E-state index contributed by atoms with van der Waals surface area (Å²) in [6, 6.07) is 6.24. The van der Waals surface area contributed by atoms with Crippen molar-refractivity contribution < 1.29 is 23.1 Å². The van der Waals surface area contributed by atoms with E-state index in [1.54, 1.807) is 13.0 Å². The summed E-state index contributed by atoms with van der Waals surface area (Å²) in [6.45, 7) is 1.04. The van der Waals surface area contributed by atoms with Gasteiger partial charge in [-0.05, 0) is 24.6 Å². The molecule has 0 unspecified atom stereocenters. The highest BCUT2D eigenvalue weighted by molar-refractivity contribution is 7.89. The molecule has 0 aromatic heterocycles. The number of rotatable bonds is 7. The van der Waals surface area contributed by atoms with E-state index in [9.17, 15) is 13.2 Å². The molecular weight excluding hydrogens is 284 g/mol. The predicted molar refractivity (Wildman–Crippen MR) is 69.5 cm³/mol. The molecule has 0 fully saturated rings. The van der Waals surface area contributed by atoms with Crippen molar-refractivity contribution in [3.8, 4) is 6.07 Å². The molecule has 1 aromatic carbocycles. The van der Waals surface area contributed by atoms with E-state index < -0.39 is 22.6 Å². The number of nitrogens with zero attached hydrogens (tertiary/aromatic N) is 1. The number of nitrogens with one attached hydrogen (secondary N) is 1. The van der Waals surface area contributed by atoms with Crippen molar-refractivity contribution >= 4 is 16.0 Å². The molecule has 0 saturated heterocycles. The van der Waals surface area contributed by atoms with Gasteiger partial charge in [0.15, 0.2) is 0 Å². The fourth-order valence-electron chi connectivity index (χ4n) is 1.44. The first-order chi connectivity index (χ1) is 9.36. The molecule has 1 rings (SSSR count). The first-order valence-electron chi connectivity index (χ1n) is 5.67. The molecule has 0 saturated carbocycles. The van der Waals surface area contributed by atoms with Crippen LogP contribution in [0.3, 0.4) is 0 Å². The summed E-state index contributed by atoms with van der Waals surface area (Å²) in [6.07, 6.45) is 0. The van der Waals surface area contributed by atoms with Crippen molar-refractivity contribution in [2.24, 2.45) is 0 Å². The van der Waals surface area contributed by atoms with Gasteiger partial charge >= 0.3 is 5.97 Å². The van der Waals surface area contributed by atoms with E-state index in [1.807, 2.05) is 6.07 Å². The minimum absolute atomic E-state index is 0.0229. The third-order valence-electron chi connectivity index (χ3n) is 2.37. The molecule has 0 bridgehead atoms. The largest absolute Gasteiger partial charge is 0.480 e. The SMILES string of the molecule is Cc1ccc(C#N)cc1S(=O)(=O)NCCOCC(=O)O. The number of hydrogen-bond acceptors (Lipinski definition) is 5. The fourth-order valence-corrected chi connectivity index (χ4v) is 2.73. The number of ether oxygens (including phenoxy) is 1. The Bertz CT molecular complexity index is 634. The van der Waals surface area contributed by atoms with Crippen molar-refractivity contribution in [1.82, 2.24) is 4.72 Å². The van der Waals surface area contributed by atoms with Gasteiger partial charge in [0, 0.05) is 6.54 Å². The van der Waals surface area contributed by atoms with E-state index in [-0.39, 0.29) is 23.6 Å². The monoisotopic (exact) mass is 298 g/mol. The van der Waals surface area contributed by atoms with Crippen molar-refractivity contribution in [3.05, 3.63) is 29.3 Å². The van der Waals surface area contributed by atoms with E-state index in [4.69, 9.17) is 15.1 Å². The number of nitriles is 1. The van der Waals surface area contributed by atoms with Gasteiger partial charge in [-0.2, -0.15) is 5.26 Å². The van der Waals surface area contributed by atoms with Crippen LogP contribution in [0.4, 0.5) is 0 Å². The van der Waals surface area contributed by atoms with Crippen LogP contribution in [0.2, 0.25) is 0 Å². The number of sulfonamides is 1. The topological polar surface area (TPSA) is 116 Å². The Morgan fingerprint density at radius 2 is 2.20 bits per heavy atom. The van der Waals surface area contributed by atoms with Crippen molar-refractivity contribution in [3.63, 3.8) is 0 Å².